The smallest absolute Gasteiger partial charge is 2.00 e. The molecule has 4 rings (SSSR count). The van der Waals surface area contributed by atoms with E-state index >= 15 is 0 Å². The quantitative estimate of drug-likeness (QED) is 0.137. The molecule has 4 aromatic rings. The fraction of sp³-hybridized carbons (Fsp3) is 0.500. The van der Waals surface area contributed by atoms with Crippen molar-refractivity contribution in [1.82, 2.24) is 9.80 Å². The summed E-state index contributed by atoms with van der Waals surface area (Å²) in [5, 5.41) is 79.8. The third-order valence-electron chi connectivity index (χ3n) is 9.36. The summed E-state index contributed by atoms with van der Waals surface area (Å²) in [5.74, 6) is 0.339. The van der Waals surface area contributed by atoms with Gasteiger partial charge in [0.2, 0.25) is 0 Å². The predicted molar refractivity (Wildman–Crippen MR) is 249 cm³/mol. The zero-order valence-corrected chi connectivity index (χ0v) is 45.3. The Morgan fingerprint density at radius 3 is 0.712 bits per heavy atom. The third-order valence-corrected chi connectivity index (χ3v) is 9.36. The molecule has 2 radical (unpaired) electrons. The monoisotopic (exact) mass is 986 g/mol. The van der Waals surface area contributed by atoms with Gasteiger partial charge in [0.15, 0.2) is 0 Å². The van der Waals surface area contributed by atoms with Gasteiger partial charge < -0.3 is 41.6 Å². The van der Waals surface area contributed by atoms with Crippen LogP contribution in [0, 0.1) is 78.1 Å². The molecular formula is C52H76N4O8V2. The summed E-state index contributed by atoms with van der Waals surface area (Å²) in [6.45, 7) is 34.0. The number of hydrogen-bond donors (Lipinski definition) is 2. The van der Waals surface area contributed by atoms with E-state index in [0.717, 1.165) is 92.7 Å². The van der Waals surface area contributed by atoms with Gasteiger partial charge in [0.25, 0.3) is 0 Å². The standard InChI is InChI=1S/2C21H29NO2.2C3H8O.2C2H3N.2O.2V/c2*1-6-7-22(12-18-8-14(2)16(4)10-20(18)23)13-19-9-15(3)17(5)11-21(19)24;2*1-3(2)4;2*1-2-3;;;;/h2*8-11,23-24H,6-7,12-13H2,1-5H3;2*3-4H,1-2H3;2*1H3;;;;/q;;;;;;2*-2;2*+4/p-4. The molecule has 0 aromatic heterocycles. The van der Waals surface area contributed by atoms with Gasteiger partial charge in [0.05, 0.1) is 12.1 Å². The number of aliphatic hydroxyl groups is 2. The Bertz CT molecular complexity index is 1750. The Morgan fingerprint density at radius 2 is 0.576 bits per heavy atom. The van der Waals surface area contributed by atoms with Crippen LogP contribution in [-0.2, 0) is 74.2 Å². The molecule has 0 heterocycles. The summed E-state index contributed by atoms with van der Waals surface area (Å²) in [6, 6.07) is 18.3. The third kappa shape index (κ3) is 31.1. The van der Waals surface area contributed by atoms with E-state index in [4.69, 9.17) is 20.7 Å². The summed E-state index contributed by atoms with van der Waals surface area (Å²) >= 11 is 0. The molecule has 0 spiro atoms. The molecule has 0 amide bonds. The summed E-state index contributed by atoms with van der Waals surface area (Å²) < 4.78 is 0. The fourth-order valence-electron chi connectivity index (χ4n) is 5.92. The minimum Gasteiger partial charge on any atom is -2.00 e. The van der Waals surface area contributed by atoms with E-state index in [-0.39, 0.29) is 83.3 Å². The van der Waals surface area contributed by atoms with Crippen LogP contribution < -0.4 is 20.4 Å². The van der Waals surface area contributed by atoms with Gasteiger partial charge in [-0.3, -0.25) is 9.80 Å². The summed E-state index contributed by atoms with van der Waals surface area (Å²) in [7, 11) is 0. The number of hydrogen-bond acceptors (Lipinski definition) is 10. The molecule has 0 saturated carbocycles. The van der Waals surface area contributed by atoms with Crippen LogP contribution in [0.3, 0.4) is 0 Å². The number of nitriles is 2. The molecule has 12 nitrogen and oxygen atoms in total. The van der Waals surface area contributed by atoms with E-state index < -0.39 is 0 Å². The molecule has 0 aliphatic heterocycles. The van der Waals surface area contributed by atoms with Gasteiger partial charge in [-0.2, -0.15) is 10.5 Å². The molecule has 14 heteroatoms. The van der Waals surface area contributed by atoms with E-state index in [9.17, 15) is 20.4 Å². The number of aliphatic hydroxyl groups excluding tert-OH is 2. The number of nitrogens with zero attached hydrogens (tertiary/aromatic N) is 4. The molecule has 0 atom stereocenters. The van der Waals surface area contributed by atoms with Crippen LogP contribution in [0.25, 0.3) is 0 Å². The second-order valence-corrected chi connectivity index (χ2v) is 16.2. The van der Waals surface area contributed by atoms with Crippen LogP contribution in [0.2, 0.25) is 0 Å². The van der Waals surface area contributed by atoms with Crippen molar-refractivity contribution in [3.8, 4) is 35.1 Å². The summed E-state index contributed by atoms with van der Waals surface area (Å²) in [5.41, 5.74) is 11.9. The first-order valence-corrected chi connectivity index (χ1v) is 21.4. The zero-order valence-electron chi connectivity index (χ0n) is 42.5. The molecular weight excluding hydrogens is 910 g/mol. The normalized spacial score (nSPS) is 9.52. The molecule has 0 aliphatic rings. The minimum atomic E-state index is -0.167. The molecule has 2 N–H and O–H groups in total. The first kappa shape index (κ1) is 73.6. The molecule has 66 heavy (non-hydrogen) atoms. The molecule has 0 fully saturated rings. The number of benzene rings is 4. The number of rotatable bonds is 12. The van der Waals surface area contributed by atoms with Crippen molar-refractivity contribution >= 4 is 0 Å². The molecule has 0 bridgehead atoms. The SMILES string of the molecule is CC#N.CC#N.CC(C)O.CC(C)O.CCCN(Cc1cc(C)c(C)cc1[O-])Cc1cc(C)c(C)cc1[O-].CCCN(Cc1cc(C)c(C)cc1[O-])Cc1cc(C)c(C)cc1[O-].[O-2].[O-2].[V+4].[V+4]. The van der Waals surface area contributed by atoms with Crippen LogP contribution in [0.5, 0.6) is 23.0 Å². The van der Waals surface area contributed by atoms with Crippen LogP contribution in [0.4, 0.5) is 0 Å². The topological polar surface area (TPSA) is 244 Å². The maximum absolute atomic E-state index is 12.3. The van der Waals surface area contributed by atoms with Gasteiger partial charge in [0, 0.05) is 52.2 Å². The van der Waals surface area contributed by atoms with Crippen LogP contribution in [0.1, 0.15) is 135 Å². The minimum absolute atomic E-state index is 0. The fourth-order valence-corrected chi connectivity index (χ4v) is 5.92. The number of aryl methyl sites for hydroxylation is 8. The van der Waals surface area contributed by atoms with Crippen molar-refractivity contribution in [2.24, 2.45) is 0 Å². The molecule has 0 aliphatic carbocycles. The van der Waals surface area contributed by atoms with E-state index in [1.54, 1.807) is 64.1 Å². The Labute approximate surface area is 422 Å². The van der Waals surface area contributed by atoms with E-state index in [0.29, 0.717) is 26.2 Å². The van der Waals surface area contributed by atoms with E-state index in [1.807, 2.05) is 79.7 Å². The van der Waals surface area contributed by atoms with Gasteiger partial charge in [-0.05, 0) is 176 Å². The van der Waals surface area contributed by atoms with E-state index in [2.05, 4.69) is 23.6 Å². The van der Waals surface area contributed by atoms with Gasteiger partial charge in [-0.25, -0.2) is 0 Å². The van der Waals surface area contributed by atoms with Crippen molar-refractivity contribution in [3.63, 3.8) is 0 Å². The Balaban J connectivity index is -0.000000203. The van der Waals surface area contributed by atoms with E-state index in [1.165, 1.54) is 13.8 Å². The van der Waals surface area contributed by atoms with Gasteiger partial charge in [-0.1, -0.05) is 62.4 Å². The predicted octanol–water partition coefficient (Wildman–Crippen LogP) is 8.55. The van der Waals surface area contributed by atoms with Crippen molar-refractivity contribution < 1.29 is 78.7 Å². The van der Waals surface area contributed by atoms with Gasteiger partial charge >= 0.3 is 37.1 Å². The van der Waals surface area contributed by atoms with Crippen LogP contribution in [0.15, 0.2) is 48.5 Å². The second kappa shape index (κ2) is 40.1. The van der Waals surface area contributed by atoms with Crippen LogP contribution >= 0.6 is 0 Å². The van der Waals surface area contributed by atoms with Crippen molar-refractivity contribution in [3.05, 3.63) is 115 Å². The van der Waals surface area contributed by atoms with Gasteiger partial charge in [0.1, 0.15) is 0 Å². The van der Waals surface area contributed by atoms with Crippen molar-refractivity contribution in [2.75, 3.05) is 13.1 Å². The van der Waals surface area contributed by atoms with Gasteiger partial charge in [-0.15, -0.1) is 23.0 Å². The molecule has 0 unspecified atom stereocenters. The van der Waals surface area contributed by atoms with Crippen LogP contribution in [-0.4, -0.2) is 45.3 Å². The average molecular weight is 987 g/mol. The molecule has 4 aromatic carbocycles. The zero-order chi connectivity index (χ0) is 48.3. The maximum atomic E-state index is 12.3. The maximum Gasteiger partial charge on any atom is 4.00 e. The Kier molecular flexibility index (Phi) is 44.7. The van der Waals surface area contributed by atoms with Crippen molar-refractivity contribution in [1.29, 1.82) is 10.5 Å². The Hall–Kier alpha value is -4.01. The van der Waals surface area contributed by atoms with Crippen molar-refractivity contribution in [2.45, 2.75) is 162 Å². The second-order valence-electron chi connectivity index (χ2n) is 16.2. The first-order valence-electron chi connectivity index (χ1n) is 21.4. The molecule has 362 valence electrons. The largest absolute Gasteiger partial charge is 4.00 e. The Morgan fingerprint density at radius 1 is 0.439 bits per heavy atom. The average Bonchev–Trinajstić information content (AvgIpc) is 3.14. The summed E-state index contributed by atoms with van der Waals surface area (Å²) in [6.07, 6.45) is 1.64. The summed E-state index contributed by atoms with van der Waals surface area (Å²) in [4.78, 5) is 4.38. The molecule has 0 saturated heterocycles. The first-order chi connectivity index (χ1) is 28.9.